The lowest BCUT2D eigenvalue weighted by atomic mass is 9.83. The summed E-state index contributed by atoms with van der Waals surface area (Å²) in [6.45, 7) is 1.64. The molecule has 0 amide bonds. The Kier molecular flexibility index (Phi) is 6.21. The van der Waals surface area contributed by atoms with Crippen molar-refractivity contribution in [1.82, 2.24) is 19.8 Å². The molecule has 0 radical (unpaired) electrons. The lowest BCUT2D eigenvalue weighted by Gasteiger charge is -2.35. The minimum atomic E-state index is -0.214. The lowest BCUT2D eigenvalue weighted by molar-refractivity contribution is 0.166. The van der Waals surface area contributed by atoms with Gasteiger partial charge >= 0.3 is 0 Å². The molecule has 1 aromatic heterocycles. The Bertz CT molecular complexity index is 648. The van der Waals surface area contributed by atoms with Crippen LogP contribution in [0.5, 0.6) is 0 Å². The Hall–Kier alpha value is -1.72. The standard InChI is InChI=1S/C20H29FN4/c1-24(2)20(17-6-4-3-5-7-17)14-23-13-16-8-9-19(18(21)12-16)25-11-10-22-15-25/h8-12,15,17,20,23H,3-7,13-14H2,1-2H3. The zero-order chi connectivity index (χ0) is 17.6. The summed E-state index contributed by atoms with van der Waals surface area (Å²) in [6.07, 6.45) is 11.8. The number of imidazole rings is 1. The Balaban J connectivity index is 1.56. The maximum Gasteiger partial charge on any atom is 0.147 e. The second-order valence-electron chi connectivity index (χ2n) is 7.32. The van der Waals surface area contributed by atoms with E-state index in [0.717, 1.165) is 18.0 Å². The van der Waals surface area contributed by atoms with E-state index in [9.17, 15) is 4.39 Å². The van der Waals surface area contributed by atoms with Crippen LogP contribution in [0.4, 0.5) is 4.39 Å². The molecule has 5 heteroatoms. The highest BCUT2D eigenvalue weighted by Gasteiger charge is 2.24. The fourth-order valence-corrected chi connectivity index (χ4v) is 3.93. The van der Waals surface area contributed by atoms with Crippen molar-refractivity contribution in [2.75, 3.05) is 20.6 Å². The predicted octanol–water partition coefficient (Wildman–Crippen LogP) is 3.61. The van der Waals surface area contributed by atoms with Crippen LogP contribution in [0, 0.1) is 11.7 Å². The topological polar surface area (TPSA) is 33.1 Å². The van der Waals surface area contributed by atoms with Crippen LogP contribution in [-0.2, 0) is 6.54 Å². The number of benzene rings is 1. The molecule has 3 rings (SSSR count). The molecule has 1 atom stereocenters. The van der Waals surface area contributed by atoms with Crippen LogP contribution in [0.15, 0.2) is 36.9 Å². The Morgan fingerprint density at radius 2 is 2.08 bits per heavy atom. The van der Waals surface area contributed by atoms with Crippen molar-refractivity contribution >= 4 is 0 Å². The summed E-state index contributed by atoms with van der Waals surface area (Å²) in [4.78, 5) is 6.31. The normalized spacial score (nSPS) is 17.1. The van der Waals surface area contributed by atoms with E-state index >= 15 is 0 Å². The molecular formula is C20H29FN4. The Morgan fingerprint density at radius 3 is 2.72 bits per heavy atom. The molecule has 1 unspecified atom stereocenters. The molecule has 4 nitrogen and oxygen atoms in total. The largest absolute Gasteiger partial charge is 0.311 e. The van der Waals surface area contributed by atoms with Crippen molar-refractivity contribution in [2.45, 2.75) is 44.7 Å². The fourth-order valence-electron chi connectivity index (χ4n) is 3.93. The SMILES string of the molecule is CN(C)C(CNCc1ccc(-n2ccnc2)c(F)c1)C1CCCCC1. The molecule has 2 aromatic rings. The zero-order valence-electron chi connectivity index (χ0n) is 15.3. The van der Waals surface area contributed by atoms with Crippen LogP contribution in [0.2, 0.25) is 0 Å². The van der Waals surface area contributed by atoms with Gasteiger partial charge < -0.3 is 14.8 Å². The lowest BCUT2D eigenvalue weighted by Crippen LogP contribution is -2.43. The summed E-state index contributed by atoms with van der Waals surface area (Å²) < 4.78 is 16.0. The minimum Gasteiger partial charge on any atom is -0.311 e. The summed E-state index contributed by atoms with van der Waals surface area (Å²) in [6, 6.07) is 5.97. The first-order valence-corrected chi connectivity index (χ1v) is 9.29. The van der Waals surface area contributed by atoms with Crippen LogP contribution < -0.4 is 5.32 Å². The summed E-state index contributed by atoms with van der Waals surface area (Å²) in [5.41, 5.74) is 1.51. The first-order valence-electron chi connectivity index (χ1n) is 9.29. The third-order valence-electron chi connectivity index (χ3n) is 5.33. The molecule has 0 spiro atoms. The molecule has 1 saturated carbocycles. The van der Waals surface area contributed by atoms with Gasteiger partial charge in [0.05, 0.1) is 12.0 Å². The number of hydrogen-bond acceptors (Lipinski definition) is 3. The average molecular weight is 344 g/mol. The molecule has 1 N–H and O–H groups in total. The van der Waals surface area contributed by atoms with Crippen LogP contribution in [0.3, 0.4) is 0 Å². The highest BCUT2D eigenvalue weighted by Crippen LogP contribution is 2.28. The quantitative estimate of drug-likeness (QED) is 0.833. The van der Waals surface area contributed by atoms with E-state index in [1.54, 1.807) is 29.4 Å². The smallest absolute Gasteiger partial charge is 0.147 e. The summed E-state index contributed by atoms with van der Waals surface area (Å²) >= 11 is 0. The van der Waals surface area contributed by atoms with Gasteiger partial charge in [-0.3, -0.25) is 0 Å². The van der Waals surface area contributed by atoms with Gasteiger partial charge in [0.1, 0.15) is 5.82 Å². The zero-order valence-corrected chi connectivity index (χ0v) is 15.3. The van der Waals surface area contributed by atoms with Gasteiger partial charge in [0, 0.05) is 31.5 Å². The van der Waals surface area contributed by atoms with Gasteiger partial charge in [0.2, 0.25) is 0 Å². The third kappa shape index (κ3) is 4.67. The first kappa shape index (κ1) is 18.1. The maximum atomic E-state index is 14.3. The molecule has 0 aliphatic heterocycles. The average Bonchev–Trinajstić information content (AvgIpc) is 3.13. The number of nitrogens with one attached hydrogen (secondary N) is 1. The van der Waals surface area contributed by atoms with Gasteiger partial charge in [-0.05, 0) is 50.6 Å². The van der Waals surface area contributed by atoms with Crippen LogP contribution in [-0.4, -0.2) is 41.1 Å². The Labute approximate surface area is 150 Å². The second kappa shape index (κ2) is 8.59. The minimum absolute atomic E-state index is 0.214. The number of nitrogens with zero attached hydrogens (tertiary/aromatic N) is 3. The van der Waals surface area contributed by atoms with E-state index in [4.69, 9.17) is 0 Å². The summed E-state index contributed by atoms with van der Waals surface area (Å²) in [5.74, 6) is 0.561. The molecule has 1 heterocycles. The molecule has 0 bridgehead atoms. The van der Waals surface area contributed by atoms with E-state index in [-0.39, 0.29) is 5.82 Å². The monoisotopic (exact) mass is 344 g/mol. The maximum absolute atomic E-state index is 14.3. The third-order valence-corrected chi connectivity index (χ3v) is 5.33. The Morgan fingerprint density at radius 1 is 1.28 bits per heavy atom. The highest BCUT2D eigenvalue weighted by molar-refractivity contribution is 5.36. The summed E-state index contributed by atoms with van der Waals surface area (Å²) in [5, 5.41) is 3.53. The molecule has 1 aliphatic rings. The second-order valence-corrected chi connectivity index (χ2v) is 7.32. The fraction of sp³-hybridized carbons (Fsp3) is 0.550. The number of rotatable bonds is 7. The van der Waals surface area contributed by atoms with E-state index in [1.165, 1.54) is 32.1 Å². The van der Waals surface area contributed by atoms with Gasteiger partial charge in [-0.15, -0.1) is 0 Å². The van der Waals surface area contributed by atoms with Crippen molar-refractivity contribution in [1.29, 1.82) is 0 Å². The van der Waals surface area contributed by atoms with Crippen molar-refractivity contribution in [2.24, 2.45) is 5.92 Å². The van der Waals surface area contributed by atoms with Gasteiger partial charge in [0.15, 0.2) is 0 Å². The van der Waals surface area contributed by atoms with Crippen molar-refractivity contribution < 1.29 is 4.39 Å². The number of hydrogen-bond donors (Lipinski definition) is 1. The van der Waals surface area contributed by atoms with Gasteiger partial charge in [-0.25, -0.2) is 9.37 Å². The number of likely N-dealkylation sites (N-methyl/N-ethyl adjacent to an activating group) is 1. The van der Waals surface area contributed by atoms with Gasteiger partial charge in [-0.2, -0.15) is 0 Å². The highest BCUT2D eigenvalue weighted by atomic mass is 19.1. The molecule has 1 aliphatic carbocycles. The number of aromatic nitrogens is 2. The number of halogens is 1. The van der Waals surface area contributed by atoms with Crippen molar-refractivity contribution in [3.05, 3.63) is 48.3 Å². The van der Waals surface area contributed by atoms with Crippen LogP contribution in [0.1, 0.15) is 37.7 Å². The first-order chi connectivity index (χ1) is 12.1. The van der Waals surface area contributed by atoms with Crippen molar-refractivity contribution in [3.63, 3.8) is 0 Å². The van der Waals surface area contributed by atoms with E-state index in [0.29, 0.717) is 18.3 Å². The summed E-state index contributed by atoms with van der Waals surface area (Å²) in [7, 11) is 4.33. The molecule has 0 saturated heterocycles. The molecule has 1 aromatic carbocycles. The van der Waals surface area contributed by atoms with E-state index in [2.05, 4.69) is 29.3 Å². The molecular weight excluding hydrogens is 315 g/mol. The molecule has 136 valence electrons. The predicted molar refractivity (Wildman–Crippen MR) is 99.3 cm³/mol. The van der Waals surface area contributed by atoms with Gasteiger partial charge in [0.25, 0.3) is 0 Å². The van der Waals surface area contributed by atoms with Crippen molar-refractivity contribution in [3.8, 4) is 5.69 Å². The van der Waals surface area contributed by atoms with E-state index in [1.807, 2.05) is 12.1 Å². The molecule has 1 fully saturated rings. The van der Waals surface area contributed by atoms with E-state index < -0.39 is 0 Å². The van der Waals surface area contributed by atoms with Crippen LogP contribution in [0.25, 0.3) is 5.69 Å². The molecule has 25 heavy (non-hydrogen) atoms. The van der Waals surface area contributed by atoms with Crippen LogP contribution >= 0.6 is 0 Å². The van der Waals surface area contributed by atoms with Gasteiger partial charge in [-0.1, -0.05) is 25.3 Å².